The molecule has 4 saturated heterocycles. The number of carbonyl (C=O) groups excluding carboxylic acids is 3. The molecule has 0 radical (unpaired) electrons. The van der Waals surface area contributed by atoms with Crippen LogP contribution in [0, 0.1) is 12.3 Å². The number of benzene rings is 1. The van der Waals surface area contributed by atoms with E-state index in [1.54, 1.807) is 0 Å². The number of ether oxygens (including phenoxy) is 1. The normalized spacial score (nSPS) is 26.6. The summed E-state index contributed by atoms with van der Waals surface area (Å²) < 4.78 is 5.75. The number of aryl methyl sites for hydroxylation is 1. The van der Waals surface area contributed by atoms with E-state index >= 15 is 0 Å². The predicted octanol–water partition coefficient (Wildman–Crippen LogP) is 2.94. The largest absolute Gasteiger partial charge is 0.484 e. The second-order valence-electron chi connectivity index (χ2n) is 10.9. The summed E-state index contributed by atoms with van der Waals surface area (Å²) in [4.78, 5) is 41.1. The van der Waals surface area contributed by atoms with Crippen LogP contribution < -0.4 is 15.4 Å². The van der Waals surface area contributed by atoms with Gasteiger partial charge in [-0.3, -0.25) is 9.59 Å². The molecule has 1 aromatic carbocycles. The monoisotopic (exact) mass is 514 g/mol. The average Bonchev–Trinajstić information content (AvgIpc) is 3.56. The third-order valence-electron chi connectivity index (χ3n) is 8.48. The van der Waals surface area contributed by atoms with Crippen LogP contribution in [0.5, 0.6) is 5.75 Å². The molecular weight excluding hydrogens is 476 g/mol. The maximum Gasteiger partial charge on any atom is 0.315 e. The molecule has 9 heteroatoms. The Kier molecular flexibility index (Phi) is 7.65. The molecule has 0 saturated carbocycles. The van der Waals surface area contributed by atoms with E-state index in [2.05, 4.69) is 15.5 Å². The van der Waals surface area contributed by atoms with Crippen LogP contribution in [0.4, 0.5) is 4.79 Å². The summed E-state index contributed by atoms with van der Waals surface area (Å²) in [6.45, 7) is 5.20. The van der Waals surface area contributed by atoms with E-state index in [4.69, 9.17) is 4.74 Å². The molecule has 3 unspecified atom stereocenters. The van der Waals surface area contributed by atoms with Crippen molar-refractivity contribution in [2.75, 3.05) is 38.5 Å². The smallest absolute Gasteiger partial charge is 0.315 e. The third-order valence-corrected chi connectivity index (χ3v) is 9.99. The number of urea groups is 1. The lowest BCUT2D eigenvalue weighted by atomic mass is 9.78. The van der Waals surface area contributed by atoms with E-state index < -0.39 is 0 Å². The molecule has 4 amide bonds. The maximum absolute atomic E-state index is 12.9. The first-order valence-corrected chi connectivity index (χ1v) is 14.4. The Morgan fingerprint density at radius 3 is 2.58 bits per heavy atom. The highest BCUT2D eigenvalue weighted by atomic mass is 32.2. The predicted molar refractivity (Wildman–Crippen MR) is 140 cm³/mol. The van der Waals surface area contributed by atoms with Gasteiger partial charge in [0.05, 0.1) is 12.1 Å². The minimum absolute atomic E-state index is 0.0405. The van der Waals surface area contributed by atoms with E-state index in [1.165, 1.54) is 0 Å². The number of unbranched alkanes of at least 4 members (excludes halogenated alkanes) is 1. The number of hydrogen-bond acceptors (Lipinski definition) is 5. The summed E-state index contributed by atoms with van der Waals surface area (Å²) in [5.41, 5.74) is 1.19. The lowest BCUT2D eigenvalue weighted by molar-refractivity contribution is -0.136. The van der Waals surface area contributed by atoms with Gasteiger partial charge in [-0.25, -0.2) is 4.79 Å². The molecule has 4 fully saturated rings. The minimum atomic E-state index is -0.0424. The topological polar surface area (TPSA) is 91.0 Å². The molecule has 8 nitrogen and oxygen atoms in total. The highest BCUT2D eigenvalue weighted by molar-refractivity contribution is 8.00. The zero-order valence-corrected chi connectivity index (χ0v) is 22.0. The summed E-state index contributed by atoms with van der Waals surface area (Å²) in [6, 6.07) is 8.22. The van der Waals surface area contributed by atoms with Gasteiger partial charge < -0.3 is 25.2 Å². The van der Waals surface area contributed by atoms with Crippen molar-refractivity contribution >= 4 is 29.6 Å². The maximum atomic E-state index is 12.9. The third kappa shape index (κ3) is 5.61. The zero-order chi connectivity index (χ0) is 25.1. The number of rotatable bonds is 8. The van der Waals surface area contributed by atoms with Gasteiger partial charge >= 0.3 is 6.03 Å². The van der Waals surface area contributed by atoms with Gasteiger partial charge in [0.15, 0.2) is 6.61 Å². The number of piperidine rings is 1. The van der Waals surface area contributed by atoms with Crippen LogP contribution >= 0.6 is 11.8 Å². The van der Waals surface area contributed by atoms with E-state index in [1.807, 2.05) is 47.9 Å². The highest BCUT2D eigenvalue weighted by Gasteiger charge is 2.44. The van der Waals surface area contributed by atoms with Gasteiger partial charge in [0.1, 0.15) is 5.75 Å². The van der Waals surface area contributed by atoms with Crippen molar-refractivity contribution in [1.82, 2.24) is 20.4 Å². The Bertz CT molecular complexity index is 980. The number of hydrogen-bond donors (Lipinski definition) is 2. The van der Waals surface area contributed by atoms with Gasteiger partial charge in [0.25, 0.3) is 5.91 Å². The molecule has 2 N–H and O–H groups in total. The fourth-order valence-corrected chi connectivity index (χ4v) is 7.70. The number of nitrogens with one attached hydrogen (secondary N) is 2. The van der Waals surface area contributed by atoms with Crippen molar-refractivity contribution in [2.24, 2.45) is 5.41 Å². The van der Waals surface area contributed by atoms with Gasteiger partial charge in [0.2, 0.25) is 5.91 Å². The van der Waals surface area contributed by atoms with Crippen LogP contribution in [0.1, 0.15) is 50.5 Å². The number of fused-ring (bicyclic) bond motifs is 1. The molecule has 5 rings (SSSR count). The molecule has 4 aliphatic rings. The molecule has 36 heavy (non-hydrogen) atoms. The number of para-hydroxylation sites is 1. The zero-order valence-electron chi connectivity index (χ0n) is 21.2. The van der Waals surface area contributed by atoms with E-state index in [0.717, 1.165) is 81.8 Å². The summed E-state index contributed by atoms with van der Waals surface area (Å²) >= 11 is 1.93. The van der Waals surface area contributed by atoms with Gasteiger partial charge in [0, 0.05) is 43.6 Å². The van der Waals surface area contributed by atoms with Crippen molar-refractivity contribution in [3.05, 3.63) is 29.8 Å². The molecule has 196 valence electrons. The lowest BCUT2D eigenvalue weighted by Crippen LogP contribution is -2.46. The molecule has 4 aliphatic heterocycles. The molecule has 3 atom stereocenters. The molecule has 0 bridgehead atoms. The first kappa shape index (κ1) is 25.2. The number of nitrogens with zero attached hydrogens (tertiary/aromatic N) is 2. The van der Waals surface area contributed by atoms with Crippen LogP contribution in [0.3, 0.4) is 0 Å². The van der Waals surface area contributed by atoms with Crippen LogP contribution in [0.2, 0.25) is 0 Å². The van der Waals surface area contributed by atoms with Crippen LogP contribution in [-0.4, -0.2) is 83.5 Å². The quantitative estimate of drug-likeness (QED) is 0.411. The first-order valence-electron chi connectivity index (χ1n) is 13.4. The van der Waals surface area contributed by atoms with Crippen LogP contribution in [-0.2, 0) is 9.59 Å². The fourth-order valence-electron chi connectivity index (χ4n) is 6.16. The molecule has 1 spiro atoms. The van der Waals surface area contributed by atoms with Crippen molar-refractivity contribution in [2.45, 2.75) is 69.2 Å². The standard InChI is InChI=1S/C27H38N4O4S/c1-19-6-2-3-7-21(19)35-16-24(33)30-13-10-27(11-14-30)12-15-31(18-27)23(32)9-5-4-8-22-25-20(17-36-22)28-26(34)29-25/h2-3,6-7,20,22,25H,4-5,8-18H2,1H3,(H2,28,29,34). The molecule has 0 aliphatic carbocycles. The highest BCUT2D eigenvalue weighted by Crippen LogP contribution is 2.41. The number of likely N-dealkylation sites (tertiary alicyclic amines) is 2. The Morgan fingerprint density at radius 1 is 1.06 bits per heavy atom. The van der Waals surface area contributed by atoms with Crippen molar-refractivity contribution in [3.8, 4) is 5.75 Å². The fraction of sp³-hybridized carbons (Fsp3) is 0.667. The minimum Gasteiger partial charge on any atom is -0.484 e. The first-order chi connectivity index (χ1) is 17.4. The number of thioether (sulfide) groups is 1. The van der Waals surface area contributed by atoms with Gasteiger partial charge in [-0.2, -0.15) is 11.8 Å². The Hall–Kier alpha value is -2.42. The number of carbonyl (C=O) groups is 3. The van der Waals surface area contributed by atoms with Gasteiger partial charge in [-0.1, -0.05) is 24.6 Å². The molecular formula is C27H38N4O4S. The second-order valence-corrected chi connectivity index (χ2v) is 12.1. The Labute approximate surface area is 217 Å². The second kappa shape index (κ2) is 10.9. The van der Waals surface area contributed by atoms with Crippen LogP contribution in [0.25, 0.3) is 0 Å². The van der Waals surface area contributed by atoms with Crippen molar-refractivity contribution < 1.29 is 19.1 Å². The Balaban J connectivity index is 0.996. The van der Waals surface area contributed by atoms with E-state index in [0.29, 0.717) is 11.7 Å². The number of amides is 4. The lowest BCUT2D eigenvalue weighted by Gasteiger charge is -2.39. The summed E-state index contributed by atoms with van der Waals surface area (Å²) in [6.07, 6.45) is 6.51. The van der Waals surface area contributed by atoms with E-state index in [9.17, 15) is 14.4 Å². The van der Waals surface area contributed by atoms with E-state index in [-0.39, 0.29) is 42.0 Å². The summed E-state index contributed by atoms with van der Waals surface area (Å²) in [5.74, 6) is 2.05. The van der Waals surface area contributed by atoms with Gasteiger partial charge in [-0.05, 0) is 56.1 Å². The average molecular weight is 515 g/mol. The molecule has 4 heterocycles. The van der Waals surface area contributed by atoms with Crippen LogP contribution in [0.15, 0.2) is 24.3 Å². The van der Waals surface area contributed by atoms with Gasteiger partial charge in [-0.15, -0.1) is 0 Å². The Morgan fingerprint density at radius 2 is 1.81 bits per heavy atom. The summed E-state index contributed by atoms with van der Waals surface area (Å²) in [5, 5.41) is 6.48. The molecule has 0 aromatic heterocycles. The SMILES string of the molecule is Cc1ccccc1OCC(=O)N1CCC2(CC1)CCN(C(=O)CCCCC1SCC3NC(=O)NC31)C2. The summed E-state index contributed by atoms with van der Waals surface area (Å²) in [7, 11) is 0. The molecule has 1 aromatic rings. The van der Waals surface area contributed by atoms with Crippen molar-refractivity contribution in [1.29, 1.82) is 0 Å². The van der Waals surface area contributed by atoms with Crippen molar-refractivity contribution in [3.63, 3.8) is 0 Å².